The summed E-state index contributed by atoms with van der Waals surface area (Å²) in [5, 5.41) is 21.3. The zero-order valence-corrected chi connectivity index (χ0v) is 17.5. The average molecular weight is 427 g/mol. The largest absolute Gasteiger partial charge is 0.324 e. The first-order valence-electron chi connectivity index (χ1n) is 9.51. The van der Waals surface area contributed by atoms with Crippen LogP contribution in [0, 0.1) is 18.3 Å². The highest BCUT2D eigenvalue weighted by Crippen LogP contribution is 2.29. The Labute approximate surface area is 183 Å². The van der Waals surface area contributed by atoms with Gasteiger partial charge in [-0.1, -0.05) is 42.1 Å². The van der Waals surface area contributed by atoms with Crippen LogP contribution in [0.3, 0.4) is 0 Å². The number of aryl methyl sites for hydroxylation is 1. The van der Waals surface area contributed by atoms with Gasteiger partial charge in [0.15, 0.2) is 11.0 Å². The molecule has 1 amide bonds. The number of carbonyl (C=O) groups is 1. The summed E-state index contributed by atoms with van der Waals surface area (Å²) in [6.07, 6.45) is 3.44. The van der Waals surface area contributed by atoms with E-state index >= 15 is 0 Å². The number of pyridine rings is 1. The number of benzene rings is 2. The van der Waals surface area contributed by atoms with Crippen molar-refractivity contribution >= 4 is 23.4 Å². The van der Waals surface area contributed by atoms with Gasteiger partial charge in [-0.05, 0) is 42.8 Å². The van der Waals surface area contributed by atoms with Crippen molar-refractivity contribution in [3.05, 3.63) is 84.2 Å². The summed E-state index contributed by atoms with van der Waals surface area (Å²) in [4.78, 5) is 16.7. The maximum Gasteiger partial charge on any atom is 0.234 e. The van der Waals surface area contributed by atoms with Crippen molar-refractivity contribution in [2.24, 2.45) is 0 Å². The van der Waals surface area contributed by atoms with Gasteiger partial charge >= 0.3 is 0 Å². The molecule has 2 aromatic carbocycles. The van der Waals surface area contributed by atoms with Crippen molar-refractivity contribution in [3.63, 3.8) is 0 Å². The number of carbonyl (C=O) groups excluding carboxylic acids is 1. The Balaban J connectivity index is 1.62. The number of para-hydroxylation sites is 2. The highest BCUT2D eigenvalue weighted by molar-refractivity contribution is 7.99. The van der Waals surface area contributed by atoms with E-state index in [4.69, 9.17) is 0 Å². The van der Waals surface area contributed by atoms with Crippen LogP contribution in [0.5, 0.6) is 0 Å². The van der Waals surface area contributed by atoms with Crippen LogP contribution in [-0.2, 0) is 4.79 Å². The third kappa shape index (κ3) is 4.47. The van der Waals surface area contributed by atoms with Gasteiger partial charge < -0.3 is 5.32 Å². The lowest BCUT2D eigenvalue weighted by Gasteiger charge is -2.13. The van der Waals surface area contributed by atoms with E-state index in [0.717, 1.165) is 16.8 Å². The molecule has 7 nitrogen and oxygen atoms in total. The third-order valence-electron chi connectivity index (χ3n) is 4.56. The molecule has 0 fully saturated rings. The van der Waals surface area contributed by atoms with Crippen LogP contribution in [-0.4, -0.2) is 31.4 Å². The van der Waals surface area contributed by atoms with E-state index in [1.54, 1.807) is 36.7 Å². The standard InChI is InChI=1S/C23H18N6OS/c1-16-7-2-5-11-20(16)29-22(18-9-6-12-25-14-18)27-28-23(29)31-15-21(30)26-19-10-4-3-8-17(19)13-24/h2-12,14H,15H2,1H3,(H,26,30). The van der Waals surface area contributed by atoms with Gasteiger partial charge in [0, 0.05) is 18.0 Å². The molecule has 152 valence electrons. The summed E-state index contributed by atoms with van der Waals surface area (Å²) in [5.74, 6) is 0.548. The molecule has 1 N–H and O–H groups in total. The fourth-order valence-corrected chi connectivity index (χ4v) is 3.83. The number of hydrogen-bond donors (Lipinski definition) is 1. The Morgan fingerprint density at radius 3 is 2.68 bits per heavy atom. The van der Waals surface area contributed by atoms with Gasteiger partial charge in [0.2, 0.25) is 5.91 Å². The van der Waals surface area contributed by atoms with Crippen LogP contribution in [0.4, 0.5) is 5.69 Å². The summed E-state index contributed by atoms with van der Waals surface area (Å²) < 4.78 is 1.94. The van der Waals surface area contributed by atoms with Crippen molar-refractivity contribution in [1.82, 2.24) is 19.7 Å². The number of hydrogen-bond acceptors (Lipinski definition) is 6. The predicted molar refractivity (Wildman–Crippen MR) is 120 cm³/mol. The highest BCUT2D eigenvalue weighted by atomic mass is 32.2. The first-order valence-corrected chi connectivity index (χ1v) is 10.5. The lowest BCUT2D eigenvalue weighted by molar-refractivity contribution is -0.113. The van der Waals surface area contributed by atoms with Gasteiger partial charge in [-0.25, -0.2) is 0 Å². The van der Waals surface area contributed by atoms with Crippen LogP contribution in [0.1, 0.15) is 11.1 Å². The van der Waals surface area contributed by atoms with E-state index in [0.29, 0.717) is 22.2 Å². The molecule has 0 spiro atoms. The number of anilines is 1. The number of nitriles is 1. The van der Waals surface area contributed by atoms with Crippen molar-refractivity contribution in [2.45, 2.75) is 12.1 Å². The molecule has 0 saturated heterocycles. The summed E-state index contributed by atoms with van der Waals surface area (Å²) in [7, 11) is 0. The molecule has 0 unspecified atom stereocenters. The fourth-order valence-electron chi connectivity index (χ4n) is 3.08. The molecule has 31 heavy (non-hydrogen) atoms. The Morgan fingerprint density at radius 1 is 1.10 bits per heavy atom. The Kier molecular flexibility index (Phi) is 6.05. The van der Waals surface area contributed by atoms with Crippen LogP contribution >= 0.6 is 11.8 Å². The van der Waals surface area contributed by atoms with Gasteiger partial charge in [0.25, 0.3) is 0 Å². The normalized spacial score (nSPS) is 10.5. The van der Waals surface area contributed by atoms with Gasteiger partial charge in [-0.15, -0.1) is 10.2 Å². The van der Waals surface area contributed by atoms with Crippen molar-refractivity contribution in [3.8, 4) is 23.1 Å². The maximum atomic E-state index is 12.5. The average Bonchev–Trinajstić information content (AvgIpc) is 3.22. The maximum absolute atomic E-state index is 12.5. The molecule has 2 aromatic heterocycles. The summed E-state index contributed by atoms with van der Waals surface area (Å²) in [6.45, 7) is 2.02. The molecule has 4 rings (SSSR count). The minimum absolute atomic E-state index is 0.122. The Bertz CT molecular complexity index is 1260. The third-order valence-corrected chi connectivity index (χ3v) is 5.49. The number of nitrogens with zero attached hydrogens (tertiary/aromatic N) is 5. The number of rotatable bonds is 6. The van der Waals surface area contributed by atoms with E-state index < -0.39 is 0 Å². The molecule has 0 saturated carbocycles. The summed E-state index contributed by atoms with van der Waals surface area (Å²) in [5.41, 5.74) is 3.73. The van der Waals surface area contributed by atoms with Gasteiger partial charge in [-0.2, -0.15) is 5.26 Å². The molecule has 0 aliphatic heterocycles. The molecule has 0 radical (unpaired) electrons. The van der Waals surface area contributed by atoms with E-state index in [-0.39, 0.29) is 11.7 Å². The number of aromatic nitrogens is 4. The number of thioether (sulfide) groups is 1. The van der Waals surface area contributed by atoms with Crippen LogP contribution in [0.2, 0.25) is 0 Å². The Morgan fingerprint density at radius 2 is 1.90 bits per heavy atom. The highest BCUT2D eigenvalue weighted by Gasteiger charge is 2.18. The first-order chi connectivity index (χ1) is 15.2. The molecule has 4 aromatic rings. The lowest BCUT2D eigenvalue weighted by Crippen LogP contribution is -2.15. The molecule has 2 heterocycles. The summed E-state index contributed by atoms with van der Waals surface area (Å²) in [6, 6.07) is 20.7. The summed E-state index contributed by atoms with van der Waals surface area (Å²) >= 11 is 1.28. The van der Waals surface area contributed by atoms with E-state index in [1.807, 2.05) is 47.9 Å². The molecular weight excluding hydrogens is 408 g/mol. The molecule has 0 bridgehead atoms. The second-order valence-electron chi connectivity index (χ2n) is 6.66. The molecule has 0 aliphatic rings. The van der Waals surface area contributed by atoms with Gasteiger partial charge in [-0.3, -0.25) is 14.3 Å². The lowest BCUT2D eigenvalue weighted by atomic mass is 10.2. The smallest absolute Gasteiger partial charge is 0.234 e. The van der Waals surface area contributed by atoms with E-state index in [9.17, 15) is 10.1 Å². The number of amides is 1. The zero-order chi connectivity index (χ0) is 21.6. The SMILES string of the molecule is Cc1ccccc1-n1c(SCC(=O)Nc2ccccc2C#N)nnc1-c1cccnc1. The van der Waals surface area contributed by atoms with Crippen molar-refractivity contribution in [1.29, 1.82) is 5.26 Å². The number of nitrogens with one attached hydrogen (secondary N) is 1. The minimum Gasteiger partial charge on any atom is -0.324 e. The molecule has 0 atom stereocenters. The van der Waals surface area contributed by atoms with Crippen molar-refractivity contribution < 1.29 is 4.79 Å². The first kappa shape index (κ1) is 20.3. The Hall–Kier alpha value is -3.96. The topological polar surface area (TPSA) is 96.5 Å². The van der Waals surface area contributed by atoms with Gasteiger partial charge in [0.1, 0.15) is 6.07 Å². The zero-order valence-electron chi connectivity index (χ0n) is 16.7. The minimum atomic E-state index is -0.227. The molecular formula is C23H18N6OS. The van der Waals surface area contributed by atoms with E-state index in [1.165, 1.54) is 11.8 Å². The quantitative estimate of drug-likeness (QED) is 0.463. The van der Waals surface area contributed by atoms with Crippen LogP contribution < -0.4 is 5.32 Å². The monoisotopic (exact) mass is 426 g/mol. The van der Waals surface area contributed by atoms with Crippen molar-refractivity contribution in [2.75, 3.05) is 11.1 Å². The fraction of sp³-hybridized carbons (Fsp3) is 0.0870. The van der Waals surface area contributed by atoms with Crippen LogP contribution in [0.15, 0.2) is 78.2 Å². The molecule has 0 aliphatic carbocycles. The molecule has 8 heteroatoms. The van der Waals surface area contributed by atoms with Crippen LogP contribution in [0.25, 0.3) is 17.1 Å². The van der Waals surface area contributed by atoms with Gasteiger partial charge in [0.05, 0.1) is 22.7 Å². The van der Waals surface area contributed by atoms with E-state index in [2.05, 4.69) is 26.6 Å². The predicted octanol–water partition coefficient (Wildman–Crippen LogP) is 4.24. The second-order valence-corrected chi connectivity index (χ2v) is 7.61. The second kappa shape index (κ2) is 9.24.